The fraction of sp³-hybridized carbons (Fsp3) is 0.500. The number of aliphatic hydroxyl groups is 1. The van der Waals surface area contributed by atoms with Crippen molar-refractivity contribution < 1.29 is 5.11 Å². The van der Waals surface area contributed by atoms with Crippen LogP contribution in [-0.4, -0.2) is 14.9 Å². The Morgan fingerprint density at radius 1 is 1.80 bits per heavy atom. The Bertz CT molecular complexity index is 272. The molecule has 0 saturated heterocycles. The van der Waals surface area contributed by atoms with Crippen LogP contribution in [0.2, 0.25) is 0 Å². The molecule has 1 rings (SSSR count). The summed E-state index contributed by atoms with van der Waals surface area (Å²) in [5.41, 5.74) is 0.554. The van der Waals surface area contributed by atoms with Crippen LogP contribution in [0.25, 0.3) is 0 Å². The second kappa shape index (κ2) is 2.30. The minimum atomic E-state index is -0.777. The van der Waals surface area contributed by atoms with Crippen molar-refractivity contribution in [3.05, 3.63) is 22.1 Å². The summed E-state index contributed by atoms with van der Waals surface area (Å²) in [6, 6.07) is 1.44. The maximum atomic E-state index is 10.9. The monoisotopic (exact) mass is 142 g/mol. The van der Waals surface area contributed by atoms with Crippen LogP contribution in [0, 0.1) is 6.92 Å². The zero-order valence-electron chi connectivity index (χ0n) is 5.96. The quantitative estimate of drug-likeness (QED) is 0.579. The molecule has 4 nitrogen and oxygen atoms in total. The van der Waals surface area contributed by atoms with Gasteiger partial charge in [0.05, 0.1) is 0 Å². The molecule has 0 fully saturated rings. The first-order chi connectivity index (χ1) is 4.61. The van der Waals surface area contributed by atoms with E-state index in [1.165, 1.54) is 13.0 Å². The zero-order chi connectivity index (χ0) is 7.72. The molecule has 0 spiro atoms. The van der Waals surface area contributed by atoms with Crippen LogP contribution in [0.15, 0.2) is 10.9 Å². The average Bonchev–Trinajstić information content (AvgIpc) is 2.10. The van der Waals surface area contributed by atoms with Crippen molar-refractivity contribution in [3.8, 4) is 0 Å². The molecular weight excluding hydrogens is 132 g/mol. The van der Waals surface area contributed by atoms with Gasteiger partial charge < -0.3 is 5.11 Å². The summed E-state index contributed by atoms with van der Waals surface area (Å²) < 4.78 is 1.16. The van der Waals surface area contributed by atoms with E-state index in [4.69, 9.17) is 5.11 Å². The van der Waals surface area contributed by atoms with Crippen molar-refractivity contribution in [3.63, 3.8) is 0 Å². The largest absolute Gasteiger partial charge is 0.372 e. The SMILES string of the molecule is Cc1cc(=O)n(C(C)O)[nH]1. The van der Waals surface area contributed by atoms with Crippen LogP contribution in [0.3, 0.4) is 0 Å². The molecule has 1 atom stereocenters. The molecule has 56 valence electrons. The van der Waals surface area contributed by atoms with Crippen molar-refractivity contribution in [2.75, 3.05) is 0 Å². The molecule has 0 amide bonds. The molecule has 1 aromatic heterocycles. The van der Waals surface area contributed by atoms with Crippen LogP contribution in [0.4, 0.5) is 0 Å². The van der Waals surface area contributed by atoms with Gasteiger partial charge in [0.25, 0.3) is 5.56 Å². The van der Waals surface area contributed by atoms with Crippen LogP contribution in [0.1, 0.15) is 18.8 Å². The summed E-state index contributed by atoms with van der Waals surface area (Å²) >= 11 is 0. The highest BCUT2D eigenvalue weighted by atomic mass is 16.3. The summed E-state index contributed by atoms with van der Waals surface area (Å²) in [5, 5.41) is 11.6. The maximum absolute atomic E-state index is 10.9. The standard InChI is InChI=1S/C6H10N2O2/c1-4-3-6(10)8(7-4)5(2)9/h3,5,7,9H,1-2H3. The lowest BCUT2D eigenvalue weighted by Crippen LogP contribution is -2.19. The molecule has 0 aromatic carbocycles. The highest BCUT2D eigenvalue weighted by molar-refractivity contribution is 4.95. The topological polar surface area (TPSA) is 58.0 Å². The van der Waals surface area contributed by atoms with E-state index in [2.05, 4.69) is 5.10 Å². The van der Waals surface area contributed by atoms with Crippen molar-refractivity contribution in [2.24, 2.45) is 0 Å². The molecule has 1 unspecified atom stereocenters. The van der Waals surface area contributed by atoms with Crippen molar-refractivity contribution >= 4 is 0 Å². The Morgan fingerprint density at radius 2 is 2.40 bits per heavy atom. The van der Waals surface area contributed by atoms with Gasteiger partial charge in [-0.15, -0.1) is 0 Å². The first-order valence-electron chi connectivity index (χ1n) is 3.07. The summed E-state index contributed by atoms with van der Waals surface area (Å²) in [6.45, 7) is 3.29. The van der Waals surface area contributed by atoms with E-state index in [-0.39, 0.29) is 5.56 Å². The van der Waals surface area contributed by atoms with Crippen LogP contribution in [-0.2, 0) is 0 Å². The Morgan fingerprint density at radius 3 is 2.60 bits per heavy atom. The zero-order valence-corrected chi connectivity index (χ0v) is 5.96. The van der Waals surface area contributed by atoms with E-state index in [1.807, 2.05) is 0 Å². The van der Waals surface area contributed by atoms with Gasteiger partial charge in [-0.05, 0) is 13.8 Å². The minimum Gasteiger partial charge on any atom is -0.372 e. The van der Waals surface area contributed by atoms with Gasteiger partial charge in [0.1, 0.15) is 6.23 Å². The summed E-state index contributed by atoms with van der Waals surface area (Å²) in [7, 11) is 0. The molecule has 0 aliphatic heterocycles. The van der Waals surface area contributed by atoms with Gasteiger partial charge >= 0.3 is 0 Å². The van der Waals surface area contributed by atoms with E-state index in [0.717, 1.165) is 10.4 Å². The molecule has 0 radical (unpaired) electrons. The fourth-order valence-corrected chi connectivity index (χ4v) is 0.810. The Kier molecular flexibility index (Phi) is 1.63. The lowest BCUT2D eigenvalue weighted by molar-refractivity contribution is 0.107. The molecule has 1 heterocycles. The Balaban J connectivity index is 3.16. The molecular formula is C6H10N2O2. The summed E-state index contributed by atoms with van der Waals surface area (Å²) in [5.74, 6) is 0. The van der Waals surface area contributed by atoms with Crippen molar-refractivity contribution in [1.82, 2.24) is 9.78 Å². The summed E-state index contributed by atoms with van der Waals surface area (Å²) in [6.07, 6.45) is -0.777. The van der Waals surface area contributed by atoms with E-state index >= 15 is 0 Å². The molecule has 0 aliphatic carbocycles. The lowest BCUT2D eigenvalue weighted by Gasteiger charge is -2.02. The second-order valence-corrected chi connectivity index (χ2v) is 2.28. The third kappa shape index (κ3) is 1.11. The van der Waals surface area contributed by atoms with E-state index in [1.54, 1.807) is 6.92 Å². The van der Waals surface area contributed by atoms with Gasteiger partial charge in [-0.25, -0.2) is 4.68 Å². The predicted molar refractivity (Wildman–Crippen MR) is 36.7 cm³/mol. The molecule has 2 N–H and O–H groups in total. The number of aromatic amines is 1. The van der Waals surface area contributed by atoms with Gasteiger partial charge in [-0.3, -0.25) is 9.89 Å². The first-order valence-corrected chi connectivity index (χ1v) is 3.07. The number of H-pyrrole nitrogens is 1. The third-order valence-electron chi connectivity index (χ3n) is 1.25. The number of aryl methyl sites for hydroxylation is 1. The van der Waals surface area contributed by atoms with Gasteiger partial charge in [0.15, 0.2) is 0 Å². The molecule has 4 heteroatoms. The highest BCUT2D eigenvalue weighted by Crippen LogP contribution is 1.93. The van der Waals surface area contributed by atoms with Crippen LogP contribution < -0.4 is 5.56 Å². The fourth-order valence-electron chi connectivity index (χ4n) is 0.810. The van der Waals surface area contributed by atoms with Gasteiger partial charge in [0, 0.05) is 11.8 Å². The third-order valence-corrected chi connectivity index (χ3v) is 1.25. The van der Waals surface area contributed by atoms with Crippen molar-refractivity contribution in [2.45, 2.75) is 20.1 Å². The number of aliphatic hydroxyl groups excluding tert-OH is 1. The summed E-state index contributed by atoms with van der Waals surface area (Å²) in [4.78, 5) is 10.9. The number of nitrogens with zero attached hydrogens (tertiary/aromatic N) is 1. The maximum Gasteiger partial charge on any atom is 0.269 e. The number of hydrogen-bond acceptors (Lipinski definition) is 2. The molecule has 1 aromatic rings. The number of rotatable bonds is 1. The van der Waals surface area contributed by atoms with Gasteiger partial charge in [-0.2, -0.15) is 0 Å². The lowest BCUT2D eigenvalue weighted by atomic mass is 10.5. The molecule has 10 heavy (non-hydrogen) atoms. The van der Waals surface area contributed by atoms with Crippen molar-refractivity contribution in [1.29, 1.82) is 0 Å². The first kappa shape index (κ1) is 7.08. The smallest absolute Gasteiger partial charge is 0.269 e. The van der Waals surface area contributed by atoms with E-state index < -0.39 is 6.23 Å². The minimum absolute atomic E-state index is 0.201. The molecule has 0 bridgehead atoms. The number of aromatic nitrogens is 2. The van der Waals surface area contributed by atoms with E-state index in [0.29, 0.717) is 0 Å². The predicted octanol–water partition coefficient (Wildman–Crippen LogP) is -0.00438. The van der Waals surface area contributed by atoms with Gasteiger partial charge in [0.2, 0.25) is 0 Å². The van der Waals surface area contributed by atoms with E-state index in [9.17, 15) is 4.79 Å². The Hall–Kier alpha value is -1.03. The number of hydrogen-bond donors (Lipinski definition) is 2. The number of nitrogens with one attached hydrogen (secondary N) is 1. The normalized spacial score (nSPS) is 13.5. The van der Waals surface area contributed by atoms with Crippen LogP contribution in [0.5, 0.6) is 0 Å². The second-order valence-electron chi connectivity index (χ2n) is 2.28. The molecule has 0 saturated carbocycles. The van der Waals surface area contributed by atoms with Crippen LogP contribution >= 0.6 is 0 Å². The molecule has 0 aliphatic rings. The van der Waals surface area contributed by atoms with Gasteiger partial charge in [-0.1, -0.05) is 0 Å². The Labute approximate surface area is 58.1 Å². The average molecular weight is 142 g/mol. The highest BCUT2D eigenvalue weighted by Gasteiger charge is 2.02.